The number of urea groups is 1. The summed E-state index contributed by atoms with van der Waals surface area (Å²) >= 11 is 0. The number of aromatic nitrogens is 1. The third kappa shape index (κ3) is 6.22. The molecule has 1 saturated heterocycles. The van der Waals surface area contributed by atoms with Crippen molar-refractivity contribution < 1.29 is 18.8 Å². The number of amides is 3. The summed E-state index contributed by atoms with van der Waals surface area (Å²) in [6.45, 7) is 5.55. The highest BCUT2D eigenvalue weighted by atomic mass is 19.1. The summed E-state index contributed by atoms with van der Waals surface area (Å²) in [7, 11) is 1.51. The minimum absolute atomic E-state index is 0.0594. The molecule has 2 N–H and O–H groups in total. The molecule has 3 amide bonds. The van der Waals surface area contributed by atoms with E-state index in [1.807, 2.05) is 6.92 Å². The average Bonchev–Trinajstić information content (AvgIpc) is 2.74. The first-order chi connectivity index (χ1) is 14.9. The van der Waals surface area contributed by atoms with Crippen molar-refractivity contribution in [2.75, 3.05) is 30.8 Å². The average molecular weight is 429 g/mol. The molecule has 0 radical (unpaired) electrons. The number of carbonyl (C=O) groups is 2. The Hall–Kier alpha value is -3.04. The smallest absolute Gasteiger partial charge is 0.306 e. The third-order valence-electron chi connectivity index (χ3n) is 5.25. The number of hydrogen-bond donors (Lipinski definition) is 2. The number of hydrogen-bond acceptors (Lipinski definition) is 5. The first kappa shape index (κ1) is 22.6. The number of benzene rings is 1. The van der Waals surface area contributed by atoms with Crippen LogP contribution in [0.25, 0.3) is 0 Å². The maximum Gasteiger partial charge on any atom is 0.323 e. The van der Waals surface area contributed by atoms with E-state index in [2.05, 4.69) is 20.5 Å². The Morgan fingerprint density at radius 3 is 2.58 bits per heavy atom. The number of anilines is 2. The van der Waals surface area contributed by atoms with Crippen LogP contribution in [0, 0.1) is 12.7 Å². The molecule has 9 heteroatoms. The largest absolute Gasteiger partial charge is 0.323 e. The van der Waals surface area contributed by atoms with Crippen molar-refractivity contribution in [1.29, 1.82) is 0 Å². The Kier molecular flexibility index (Phi) is 7.54. The second kappa shape index (κ2) is 10.3. The van der Waals surface area contributed by atoms with Crippen molar-refractivity contribution in [1.82, 2.24) is 14.9 Å². The second-order valence-electron chi connectivity index (χ2n) is 7.62. The van der Waals surface area contributed by atoms with Crippen LogP contribution >= 0.6 is 0 Å². The minimum Gasteiger partial charge on any atom is -0.306 e. The quantitative estimate of drug-likeness (QED) is 0.686. The predicted octanol–water partition coefficient (Wildman–Crippen LogP) is 3.55. The molecule has 31 heavy (non-hydrogen) atoms. The predicted molar refractivity (Wildman–Crippen MR) is 116 cm³/mol. The highest BCUT2D eigenvalue weighted by Gasteiger charge is 2.26. The molecule has 1 aromatic heterocycles. The molecule has 0 saturated carbocycles. The Morgan fingerprint density at radius 1 is 1.23 bits per heavy atom. The van der Waals surface area contributed by atoms with Crippen LogP contribution in [0.2, 0.25) is 0 Å². The normalized spacial score (nSPS) is 14.8. The van der Waals surface area contributed by atoms with Gasteiger partial charge in [-0.2, -0.15) is 0 Å². The van der Waals surface area contributed by atoms with Crippen LogP contribution < -0.4 is 10.6 Å². The van der Waals surface area contributed by atoms with Gasteiger partial charge >= 0.3 is 6.03 Å². The van der Waals surface area contributed by atoms with Crippen LogP contribution in [0.3, 0.4) is 0 Å². The van der Waals surface area contributed by atoms with Gasteiger partial charge in [-0.15, -0.1) is 0 Å². The third-order valence-corrected chi connectivity index (χ3v) is 5.25. The van der Waals surface area contributed by atoms with Gasteiger partial charge in [-0.1, -0.05) is 6.07 Å². The molecule has 8 nitrogen and oxygen atoms in total. The summed E-state index contributed by atoms with van der Waals surface area (Å²) in [6, 6.07) is 7.75. The number of likely N-dealkylation sites (tertiary alicyclic amines) is 1. The van der Waals surface area contributed by atoms with Crippen LogP contribution in [-0.2, 0) is 16.2 Å². The molecule has 0 unspecified atom stereocenters. The van der Waals surface area contributed by atoms with E-state index in [9.17, 15) is 14.0 Å². The van der Waals surface area contributed by atoms with Crippen molar-refractivity contribution in [3.8, 4) is 0 Å². The van der Waals surface area contributed by atoms with Crippen LogP contribution in [0.5, 0.6) is 0 Å². The zero-order valence-electron chi connectivity index (χ0n) is 18.0. The molecule has 1 aliphatic heterocycles. The minimum atomic E-state index is -0.536. The van der Waals surface area contributed by atoms with Gasteiger partial charge in [-0.05, 0) is 49.6 Å². The molecule has 0 bridgehead atoms. The maximum absolute atomic E-state index is 14.2. The molecule has 2 heterocycles. The zero-order chi connectivity index (χ0) is 22.4. The Balaban J connectivity index is 1.56. The number of carbonyl (C=O) groups excluding carboxylic acids is 2. The number of nitrogens with one attached hydrogen (secondary N) is 2. The fraction of sp³-hybridized carbons (Fsp3) is 0.409. The van der Waals surface area contributed by atoms with Gasteiger partial charge in [0, 0.05) is 32.3 Å². The highest BCUT2D eigenvalue weighted by Crippen LogP contribution is 2.22. The number of nitrogens with zero attached hydrogens (tertiary/aromatic N) is 3. The van der Waals surface area contributed by atoms with Gasteiger partial charge in [0.15, 0.2) is 0 Å². The van der Waals surface area contributed by atoms with Gasteiger partial charge in [-0.3, -0.25) is 19.5 Å². The lowest BCUT2D eigenvalue weighted by atomic mass is 10.0. The fourth-order valence-electron chi connectivity index (χ4n) is 3.70. The molecule has 3 rings (SSSR count). The van der Waals surface area contributed by atoms with E-state index in [1.165, 1.54) is 25.2 Å². The van der Waals surface area contributed by atoms with Crippen LogP contribution in [0.4, 0.5) is 20.6 Å². The zero-order valence-corrected chi connectivity index (χ0v) is 18.0. The van der Waals surface area contributed by atoms with E-state index < -0.39 is 11.8 Å². The standard InChI is InChI=1S/C22H28FN5O3/c1-15-4-6-18(13-24-15)25-22(30)26-21-12-17(5-7-20(21)23)14-27-10-8-19(9-11-27)28(31-3)16(2)29/h4-7,12-13,19H,8-11,14H2,1-3H3,(H2,25,26,30). The van der Waals surface area contributed by atoms with Gasteiger partial charge in [0.25, 0.3) is 0 Å². The molecule has 1 aromatic carbocycles. The summed E-state index contributed by atoms with van der Waals surface area (Å²) in [6.07, 6.45) is 3.14. The second-order valence-corrected chi connectivity index (χ2v) is 7.62. The molecule has 1 aliphatic rings. The number of hydroxylamine groups is 2. The molecule has 0 aliphatic carbocycles. The highest BCUT2D eigenvalue weighted by molar-refractivity contribution is 5.99. The Bertz CT molecular complexity index is 914. The Morgan fingerprint density at radius 2 is 1.97 bits per heavy atom. The molecule has 1 fully saturated rings. The maximum atomic E-state index is 14.2. The van der Waals surface area contributed by atoms with E-state index in [4.69, 9.17) is 4.84 Å². The van der Waals surface area contributed by atoms with E-state index >= 15 is 0 Å². The van der Waals surface area contributed by atoms with E-state index in [0.29, 0.717) is 12.2 Å². The van der Waals surface area contributed by atoms with E-state index in [-0.39, 0.29) is 17.6 Å². The van der Waals surface area contributed by atoms with E-state index in [1.54, 1.807) is 30.5 Å². The van der Waals surface area contributed by atoms with Crippen molar-refractivity contribution in [2.24, 2.45) is 0 Å². The fourth-order valence-corrected chi connectivity index (χ4v) is 3.70. The lowest BCUT2D eigenvalue weighted by Gasteiger charge is -2.36. The summed E-state index contributed by atoms with van der Waals surface area (Å²) in [5.41, 5.74) is 2.37. The number of rotatable bonds is 6. The van der Waals surface area contributed by atoms with Gasteiger partial charge in [0.2, 0.25) is 5.91 Å². The van der Waals surface area contributed by atoms with Gasteiger partial charge in [0.05, 0.1) is 30.7 Å². The van der Waals surface area contributed by atoms with Crippen molar-refractivity contribution >= 4 is 23.3 Å². The van der Waals surface area contributed by atoms with Crippen molar-refractivity contribution in [2.45, 2.75) is 39.3 Å². The van der Waals surface area contributed by atoms with Crippen LogP contribution in [-0.4, -0.2) is 53.1 Å². The topological polar surface area (TPSA) is 86.8 Å². The van der Waals surface area contributed by atoms with Gasteiger partial charge in [-0.25, -0.2) is 14.2 Å². The molecule has 166 valence electrons. The summed E-state index contributed by atoms with van der Waals surface area (Å²) in [5, 5.41) is 6.63. The van der Waals surface area contributed by atoms with E-state index in [0.717, 1.165) is 37.2 Å². The number of pyridine rings is 1. The number of aryl methyl sites for hydroxylation is 1. The lowest BCUT2D eigenvalue weighted by Crippen LogP contribution is -2.46. The van der Waals surface area contributed by atoms with Crippen LogP contribution in [0.1, 0.15) is 31.0 Å². The Labute approximate surface area is 181 Å². The number of halogens is 1. The van der Waals surface area contributed by atoms with Crippen molar-refractivity contribution in [3.05, 3.63) is 53.6 Å². The monoisotopic (exact) mass is 429 g/mol. The summed E-state index contributed by atoms with van der Waals surface area (Å²) in [5.74, 6) is -0.605. The molecule has 0 spiro atoms. The van der Waals surface area contributed by atoms with Gasteiger partial charge in [0.1, 0.15) is 5.82 Å². The van der Waals surface area contributed by atoms with Crippen LogP contribution in [0.15, 0.2) is 36.5 Å². The molecule has 2 aromatic rings. The SMILES string of the molecule is CON(C(C)=O)C1CCN(Cc2ccc(F)c(NC(=O)Nc3ccc(C)nc3)c2)CC1. The van der Waals surface area contributed by atoms with Crippen molar-refractivity contribution in [3.63, 3.8) is 0 Å². The lowest BCUT2D eigenvalue weighted by molar-refractivity contribution is -0.190. The molecule has 0 atom stereocenters. The summed E-state index contributed by atoms with van der Waals surface area (Å²) < 4.78 is 14.2. The van der Waals surface area contributed by atoms with Gasteiger partial charge < -0.3 is 10.6 Å². The molecular weight excluding hydrogens is 401 g/mol. The number of piperidine rings is 1. The first-order valence-electron chi connectivity index (χ1n) is 10.2. The summed E-state index contributed by atoms with van der Waals surface area (Å²) in [4.78, 5) is 35.4. The first-order valence-corrected chi connectivity index (χ1v) is 10.2. The molecular formula is C22H28FN5O3.